The van der Waals surface area contributed by atoms with E-state index in [1.54, 1.807) is 18.2 Å². The predicted octanol–water partition coefficient (Wildman–Crippen LogP) is 4.80. The van der Waals surface area contributed by atoms with Crippen molar-refractivity contribution in [3.63, 3.8) is 0 Å². The largest absolute Gasteiger partial charge is 0.391 e. The first-order valence-electron chi connectivity index (χ1n) is 11.6. The monoisotopic (exact) mass is 408 g/mol. The maximum atomic E-state index is 12.2. The second kappa shape index (κ2) is 19.7. The maximum Gasteiger partial charge on any atom is 0.245 e. The summed E-state index contributed by atoms with van der Waals surface area (Å²) in [5.41, 5.74) is 0. The number of aliphatic hydroxyl groups is 1. The van der Waals surface area contributed by atoms with E-state index in [-0.39, 0.29) is 5.91 Å². The third-order valence-electron chi connectivity index (χ3n) is 4.94. The van der Waals surface area contributed by atoms with E-state index in [4.69, 9.17) is 0 Å². The van der Waals surface area contributed by atoms with Crippen LogP contribution in [0.15, 0.2) is 24.3 Å². The van der Waals surface area contributed by atoms with Crippen molar-refractivity contribution in [1.82, 2.24) is 10.6 Å². The molecule has 0 bridgehead atoms. The van der Waals surface area contributed by atoms with Crippen LogP contribution in [0.25, 0.3) is 0 Å². The molecule has 0 aliphatic carbocycles. The molecule has 2 atom stereocenters. The van der Waals surface area contributed by atoms with Gasteiger partial charge in [0.15, 0.2) is 0 Å². The van der Waals surface area contributed by atoms with Crippen LogP contribution < -0.4 is 10.6 Å². The van der Waals surface area contributed by atoms with Crippen LogP contribution in [0.2, 0.25) is 0 Å². The number of unbranched alkanes of at least 4 members (excludes halogenated alkanes) is 11. The van der Waals surface area contributed by atoms with Crippen molar-refractivity contribution in [2.45, 2.75) is 110 Å². The average molecular weight is 409 g/mol. The Labute approximate surface area is 178 Å². The Balaban J connectivity index is 3.77. The molecule has 0 fully saturated rings. The molecule has 0 aliphatic rings. The van der Waals surface area contributed by atoms with Gasteiger partial charge in [0.25, 0.3) is 0 Å². The number of carbonyl (C=O) groups is 2. The van der Waals surface area contributed by atoms with Gasteiger partial charge in [-0.15, -0.1) is 0 Å². The summed E-state index contributed by atoms with van der Waals surface area (Å²) in [5, 5.41) is 15.2. The Bertz CT molecular complexity index is 473. The van der Waals surface area contributed by atoms with E-state index in [2.05, 4.69) is 17.6 Å². The zero-order valence-corrected chi connectivity index (χ0v) is 18.9. The van der Waals surface area contributed by atoms with Gasteiger partial charge in [0.1, 0.15) is 6.04 Å². The highest BCUT2D eigenvalue weighted by molar-refractivity contribution is 5.93. The molecule has 2 amide bonds. The van der Waals surface area contributed by atoms with Gasteiger partial charge in [-0.3, -0.25) is 9.59 Å². The number of hydrogen-bond donors (Lipinski definition) is 3. The second-order valence-electron chi connectivity index (χ2n) is 7.79. The SMILES string of the molecule is CC=CC=CC(=O)NC(C(=O)NCCCCCCCCCCCCCC)C(C)O. The van der Waals surface area contributed by atoms with Gasteiger partial charge in [-0.1, -0.05) is 95.8 Å². The molecule has 0 aromatic rings. The number of allylic oxidation sites excluding steroid dienone is 3. The first kappa shape index (κ1) is 27.4. The molecular formula is C24H44N2O3. The number of amides is 2. The van der Waals surface area contributed by atoms with Crippen LogP contribution >= 0.6 is 0 Å². The van der Waals surface area contributed by atoms with Crippen LogP contribution in [0.5, 0.6) is 0 Å². The Morgan fingerprint density at radius 1 is 0.862 bits per heavy atom. The van der Waals surface area contributed by atoms with Crippen molar-refractivity contribution in [1.29, 1.82) is 0 Å². The van der Waals surface area contributed by atoms with Gasteiger partial charge in [-0.05, 0) is 20.3 Å². The summed E-state index contributed by atoms with van der Waals surface area (Å²) in [5.74, 6) is -0.731. The van der Waals surface area contributed by atoms with Crippen LogP contribution in [-0.4, -0.2) is 35.6 Å². The minimum atomic E-state index is -0.948. The molecule has 29 heavy (non-hydrogen) atoms. The molecule has 0 spiro atoms. The van der Waals surface area contributed by atoms with E-state index in [9.17, 15) is 14.7 Å². The van der Waals surface area contributed by atoms with E-state index in [0.717, 1.165) is 12.8 Å². The zero-order chi connectivity index (χ0) is 21.7. The van der Waals surface area contributed by atoms with E-state index in [1.165, 1.54) is 77.2 Å². The molecule has 0 aromatic heterocycles. The number of hydrogen-bond acceptors (Lipinski definition) is 3. The molecule has 3 N–H and O–H groups in total. The fraction of sp³-hybridized carbons (Fsp3) is 0.750. The summed E-state index contributed by atoms with van der Waals surface area (Å²) < 4.78 is 0. The van der Waals surface area contributed by atoms with Crippen LogP contribution in [0.3, 0.4) is 0 Å². The van der Waals surface area contributed by atoms with Gasteiger partial charge < -0.3 is 15.7 Å². The Morgan fingerprint density at radius 2 is 1.38 bits per heavy atom. The number of aliphatic hydroxyl groups excluding tert-OH is 1. The molecule has 0 rings (SSSR count). The third-order valence-corrected chi connectivity index (χ3v) is 4.94. The summed E-state index contributed by atoms with van der Waals surface area (Å²) in [6, 6.07) is -0.935. The van der Waals surface area contributed by atoms with Gasteiger partial charge in [0, 0.05) is 12.6 Å². The normalized spacial score (nSPS) is 13.7. The van der Waals surface area contributed by atoms with Crippen LogP contribution in [-0.2, 0) is 9.59 Å². The molecule has 5 nitrogen and oxygen atoms in total. The lowest BCUT2D eigenvalue weighted by Crippen LogP contribution is -2.52. The minimum absolute atomic E-state index is 0.337. The standard InChI is InChI=1S/C24H44N2O3/c1-4-6-8-9-10-11-12-13-14-15-16-18-20-25-24(29)23(21(3)27)26-22(28)19-17-7-5-2/h5,7,17,19,21,23,27H,4,6,8-16,18,20H2,1-3H3,(H,25,29)(H,26,28). The lowest BCUT2D eigenvalue weighted by Gasteiger charge is -2.20. The summed E-state index contributed by atoms with van der Waals surface area (Å²) in [6.07, 6.45) is 20.8. The molecule has 5 heteroatoms. The van der Waals surface area contributed by atoms with Gasteiger partial charge >= 0.3 is 0 Å². The van der Waals surface area contributed by atoms with Crippen molar-refractivity contribution >= 4 is 11.8 Å². The first-order chi connectivity index (χ1) is 14.0. The third kappa shape index (κ3) is 17.0. The predicted molar refractivity (Wildman–Crippen MR) is 122 cm³/mol. The van der Waals surface area contributed by atoms with E-state index < -0.39 is 18.1 Å². The highest BCUT2D eigenvalue weighted by Gasteiger charge is 2.24. The molecule has 0 saturated carbocycles. The van der Waals surface area contributed by atoms with Crippen molar-refractivity contribution in [3.8, 4) is 0 Å². The summed E-state index contributed by atoms with van der Waals surface area (Å²) >= 11 is 0. The molecule has 0 heterocycles. The number of carbonyl (C=O) groups excluding carboxylic acids is 2. The van der Waals surface area contributed by atoms with E-state index in [0.29, 0.717) is 6.54 Å². The fourth-order valence-electron chi connectivity index (χ4n) is 3.15. The molecule has 0 aromatic carbocycles. The van der Waals surface area contributed by atoms with Crippen LogP contribution in [0.1, 0.15) is 97.8 Å². The van der Waals surface area contributed by atoms with Crippen molar-refractivity contribution in [2.24, 2.45) is 0 Å². The smallest absolute Gasteiger partial charge is 0.245 e. The van der Waals surface area contributed by atoms with E-state index >= 15 is 0 Å². The highest BCUT2D eigenvalue weighted by atomic mass is 16.3. The second-order valence-corrected chi connectivity index (χ2v) is 7.79. The molecule has 0 aliphatic heterocycles. The summed E-state index contributed by atoms with van der Waals surface area (Å²) in [7, 11) is 0. The van der Waals surface area contributed by atoms with E-state index in [1.807, 2.05) is 6.92 Å². The number of rotatable bonds is 18. The minimum Gasteiger partial charge on any atom is -0.391 e. The lowest BCUT2D eigenvalue weighted by atomic mass is 10.1. The van der Waals surface area contributed by atoms with Gasteiger partial charge in [-0.2, -0.15) is 0 Å². The Morgan fingerprint density at radius 3 is 1.86 bits per heavy atom. The molecule has 2 unspecified atom stereocenters. The Kier molecular flexibility index (Phi) is 18.6. The maximum absolute atomic E-state index is 12.2. The quantitative estimate of drug-likeness (QED) is 0.173. The number of nitrogens with one attached hydrogen (secondary N) is 2. The molecule has 168 valence electrons. The topological polar surface area (TPSA) is 78.4 Å². The zero-order valence-electron chi connectivity index (χ0n) is 18.9. The fourth-order valence-corrected chi connectivity index (χ4v) is 3.15. The molecule has 0 radical (unpaired) electrons. The molecule has 0 saturated heterocycles. The summed E-state index contributed by atoms with van der Waals surface area (Å²) in [6.45, 7) is 6.18. The highest BCUT2D eigenvalue weighted by Crippen LogP contribution is 2.11. The van der Waals surface area contributed by atoms with Gasteiger partial charge in [0.05, 0.1) is 6.10 Å². The van der Waals surface area contributed by atoms with Gasteiger partial charge in [0.2, 0.25) is 11.8 Å². The summed E-state index contributed by atoms with van der Waals surface area (Å²) in [4.78, 5) is 24.0. The lowest BCUT2D eigenvalue weighted by molar-refractivity contribution is -0.129. The van der Waals surface area contributed by atoms with Crippen molar-refractivity contribution < 1.29 is 14.7 Å². The van der Waals surface area contributed by atoms with Crippen LogP contribution in [0.4, 0.5) is 0 Å². The molecular weight excluding hydrogens is 364 g/mol. The van der Waals surface area contributed by atoms with Crippen LogP contribution in [0, 0.1) is 0 Å². The van der Waals surface area contributed by atoms with Crippen molar-refractivity contribution in [2.75, 3.05) is 6.54 Å². The average Bonchev–Trinajstić information content (AvgIpc) is 2.69. The van der Waals surface area contributed by atoms with Gasteiger partial charge in [-0.25, -0.2) is 0 Å². The first-order valence-corrected chi connectivity index (χ1v) is 11.6. The Hall–Kier alpha value is -1.62. The van der Waals surface area contributed by atoms with Crippen molar-refractivity contribution in [3.05, 3.63) is 24.3 Å².